The van der Waals surface area contributed by atoms with Gasteiger partial charge >= 0.3 is 0 Å². The third-order valence-corrected chi connectivity index (χ3v) is 6.90. The maximum absolute atomic E-state index is 12.7. The van der Waals surface area contributed by atoms with E-state index in [-0.39, 0.29) is 6.04 Å². The highest BCUT2D eigenvalue weighted by Crippen LogP contribution is 2.31. The Morgan fingerprint density at radius 1 is 1.38 bits per heavy atom. The molecule has 1 aliphatic carbocycles. The van der Waals surface area contributed by atoms with Crippen molar-refractivity contribution in [2.24, 2.45) is 0 Å². The van der Waals surface area contributed by atoms with Crippen molar-refractivity contribution >= 4 is 26.0 Å². The molecule has 6 heteroatoms. The summed E-state index contributed by atoms with van der Waals surface area (Å²) < 4.78 is 27.6. The van der Waals surface area contributed by atoms with E-state index in [1.807, 2.05) is 12.1 Å². The van der Waals surface area contributed by atoms with Crippen LogP contribution in [0.4, 0.5) is 0 Å². The molecule has 1 fully saturated rings. The number of sulfonamides is 1. The van der Waals surface area contributed by atoms with Gasteiger partial charge in [0, 0.05) is 24.1 Å². The van der Waals surface area contributed by atoms with Gasteiger partial charge in [-0.05, 0) is 59.4 Å². The van der Waals surface area contributed by atoms with Crippen molar-refractivity contribution in [3.05, 3.63) is 28.2 Å². The normalized spacial score (nSPS) is 16.2. The molecule has 0 atom stereocenters. The van der Waals surface area contributed by atoms with Crippen molar-refractivity contribution < 1.29 is 8.42 Å². The van der Waals surface area contributed by atoms with Crippen LogP contribution in [0.15, 0.2) is 27.6 Å². The fourth-order valence-corrected chi connectivity index (χ4v) is 4.76. The van der Waals surface area contributed by atoms with E-state index >= 15 is 0 Å². The second-order valence-electron chi connectivity index (χ2n) is 5.55. The molecule has 1 aromatic rings. The minimum Gasteiger partial charge on any atom is -0.313 e. The van der Waals surface area contributed by atoms with Crippen LogP contribution in [0.5, 0.6) is 0 Å². The van der Waals surface area contributed by atoms with E-state index in [9.17, 15) is 8.42 Å². The number of hydrogen-bond acceptors (Lipinski definition) is 3. The molecule has 4 nitrogen and oxygen atoms in total. The Kier molecular flexibility index (Phi) is 5.82. The first-order valence-electron chi connectivity index (χ1n) is 7.44. The number of nitrogens with zero attached hydrogens (tertiary/aromatic N) is 1. The van der Waals surface area contributed by atoms with Crippen molar-refractivity contribution in [1.29, 1.82) is 0 Å². The quantitative estimate of drug-likeness (QED) is 0.745. The third kappa shape index (κ3) is 3.86. The zero-order valence-electron chi connectivity index (χ0n) is 12.6. The highest BCUT2D eigenvalue weighted by molar-refractivity contribution is 9.10. The lowest BCUT2D eigenvalue weighted by Crippen LogP contribution is -2.41. The molecule has 1 aromatic carbocycles. The monoisotopic (exact) mass is 374 g/mol. The first-order valence-corrected chi connectivity index (χ1v) is 9.67. The largest absolute Gasteiger partial charge is 0.313 e. The summed E-state index contributed by atoms with van der Waals surface area (Å²) in [5.74, 6) is 0. The van der Waals surface area contributed by atoms with Gasteiger partial charge in [-0.3, -0.25) is 0 Å². The van der Waals surface area contributed by atoms with Crippen LogP contribution in [-0.4, -0.2) is 32.4 Å². The third-order valence-electron chi connectivity index (χ3n) is 4.00. The highest BCUT2D eigenvalue weighted by Gasteiger charge is 2.32. The molecule has 21 heavy (non-hydrogen) atoms. The van der Waals surface area contributed by atoms with Crippen LogP contribution in [0.3, 0.4) is 0 Å². The molecular formula is C15H23BrN2O2S. The van der Waals surface area contributed by atoms with Crippen LogP contribution in [0, 0.1) is 0 Å². The van der Waals surface area contributed by atoms with Gasteiger partial charge in [0.1, 0.15) is 0 Å². The first kappa shape index (κ1) is 16.9. The van der Waals surface area contributed by atoms with Crippen LogP contribution in [0.2, 0.25) is 0 Å². The molecule has 0 radical (unpaired) electrons. The molecule has 0 aromatic heterocycles. The molecule has 118 valence electrons. The summed E-state index contributed by atoms with van der Waals surface area (Å²) in [6.07, 6.45) is 4.11. The lowest BCUT2D eigenvalue weighted by atomic mass is 9.94. The van der Waals surface area contributed by atoms with Gasteiger partial charge in [-0.15, -0.1) is 0 Å². The molecule has 0 bridgehead atoms. The van der Waals surface area contributed by atoms with Crippen molar-refractivity contribution in [2.75, 3.05) is 13.6 Å². The average Bonchev–Trinajstić information content (AvgIpc) is 2.38. The number of nitrogens with one attached hydrogen (secondary N) is 1. The number of hydrogen-bond donors (Lipinski definition) is 1. The second-order valence-corrected chi connectivity index (χ2v) is 8.37. The Morgan fingerprint density at radius 2 is 2.10 bits per heavy atom. The lowest BCUT2D eigenvalue weighted by Gasteiger charge is -2.34. The predicted molar refractivity (Wildman–Crippen MR) is 88.7 cm³/mol. The SMILES string of the molecule is CCCNCc1ccc(Br)c(S(=O)(=O)N(C)C2CCC2)c1. The molecule has 0 saturated heterocycles. The number of rotatable bonds is 7. The van der Waals surface area contributed by atoms with Crippen molar-refractivity contribution in [3.63, 3.8) is 0 Å². The van der Waals surface area contributed by atoms with Crippen molar-refractivity contribution in [1.82, 2.24) is 9.62 Å². The van der Waals surface area contributed by atoms with Crippen LogP contribution < -0.4 is 5.32 Å². The van der Waals surface area contributed by atoms with E-state index in [1.54, 1.807) is 13.1 Å². The first-order chi connectivity index (χ1) is 9.96. The van der Waals surface area contributed by atoms with E-state index in [0.717, 1.165) is 37.8 Å². The van der Waals surface area contributed by atoms with E-state index in [1.165, 1.54) is 4.31 Å². The molecule has 0 unspecified atom stereocenters. The maximum atomic E-state index is 12.7. The summed E-state index contributed by atoms with van der Waals surface area (Å²) in [6.45, 7) is 3.73. The molecule has 1 aliphatic rings. The fourth-order valence-electron chi connectivity index (χ4n) is 2.37. The van der Waals surface area contributed by atoms with Gasteiger partial charge in [-0.2, -0.15) is 4.31 Å². The summed E-state index contributed by atoms with van der Waals surface area (Å²) in [5, 5.41) is 3.30. The number of benzene rings is 1. The van der Waals surface area contributed by atoms with Gasteiger partial charge in [0.15, 0.2) is 0 Å². The minimum atomic E-state index is -3.42. The Labute approximate surface area is 136 Å². The molecule has 0 heterocycles. The topological polar surface area (TPSA) is 49.4 Å². The van der Waals surface area contributed by atoms with Gasteiger partial charge < -0.3 is 5.32 Å². The van der Waals surface area contributed by atoms with Crippen LogP contribution >= 0.6 is 15.9 Å². The van der Waals surface area contributed by atoms with Crippen molar-refractivity contribution in [3.8, 4) is 0 Å². The van der Waals surface area contributed by atoms with Crippen LogP contribution in [0.1, 0.15) is 38.2 Å². The highest BCUT2D eigenvalue weighted by atomic mass is 79.9. The summed E-state index contributed by atoms with van der Waals surface area (Å²) in [5.41, 5.74) is 0.993. The average molecular weight is 375 g/mol. The number of halogens is 1. The Hall–Kier alpha value is -0.430. The summed E-state index contributed by atoms with van der Waals surface area (Å²) >= 11 is 3.38. The standard InChI is InChI=1S/C15H23BrN2O2S/c1-3-9-17-11-12-7-8-14(16)15(10-12)21(19,20)18(2)13-5-4-6-13/h7-8,10,13,17H,3-6,9,11H2,1-2H3. The van der Waals surface area contributed by atoms with Gasteiger partial charge in [0.25, 0.3) is 0 Å². The van der Waals surface area contributed by atoms with Crippen molar-refractivity contribution in [2.45, 2.75) is 50.1 Å². The van der Waals surface area contributed by atoms with E-state index in [2.05, 4.69) is 28.2 Å². The van der Waals surface area contributed by atoms with E-state index in [4.69, 9.17) is 0 Å². The zero-order valence-corrected chi connectivity index (χ0v) is 15.0. The predicted octanol–water partition coefficient (Wildman–Crippen LogP) is 3.12. The van der Waals surface area contributed by atoms with Gasteiger partial charge in [0.2, 0.25) is 10.0 Å². The van der Waals surface area contributed by atoms with E-state index < -0.39 is 10.0 Å². The minimum absolute atomic E-state index is 0.156. The molecule has 2 rings (SSSR count). The molecule has 0 aliphatic heterocycles. The summed E-state index contributed by atoms with van der Waals surface area (Å²) in [7, 11) is -1.74. The van der Waals surface area contributed by atoms with Crippen LogP contribution in [0.25, 0.3) is 0 Å². The van der Waals surface area contributed by atoms with Gasteiger partial charge in [-0.25, -0.2) is 8.42 Å². The van der Waals surface area contributed by atoms with E-state index in [0.29, 0.717) is 15.9 Å². The molecule has 0 amide bonds. The van der Waals surface area contributed by atoms with Gasteiger partial charge in [-0.1, -0.05) is 19.4 Å². The Morgan fingerprint density at radius 3 is 2.67 bits per heavy atom. The molecular weight excluding hydrogens is 352 g/mol. The molecule has 1 saturated carbocycles. The fraction of sp³-hybridized carbons (Fsp3) is 0.600. The smallest absolute Gasteiger partial charge is 0.244 e. The Bertz CT molecular complexity index is 585. The molecule has 0 spiro atoms. The van der Waals surface area contributed by atoms with Gasteiger partial charge in [0.05, 0.1) is 4.90 Å². The van der Waals surface area contributed by atoms with Crippen LogP contribution in [-0.2, 0) is 16.6 Å². The summed E-state index contributed by atoms with van der Waals surface area (Å²) in [6, 6.07) is 5.71. The summed E-state index contributed by atoms with van der Waals surface area (Å²) in [4.78, 5) is 0.368. The zero-order chi connectivity index (χ0) is 15.5. The second kappa shape index (κ2) is 7.22. The molecule has 1 N–H and O–H groups in total. The lowest BCUT2D eigenvalue weighted by molar-refractivity contribution is 0.249. The Balaban J connectivity index is 2.22. The maximum Gasteiger partial charge on any atom is 0.244 e.